The number of hydrogen-bond acceptors (Lipinski definition) is 15. The Morgan fingerprint density at radius 1 is 0.293 bits per heavy atom. The Morgan fingerprint density at radius 3 is 0.739 bits per heavy atom. The van der Waals surface area contributed by atoms with Crippen LogP contribution in [0.1, 0.15) is 370 Å². The van der Waals surface area contributed by atoms with Crippen LogP contribution >= 0.6 is 15.6 Å². The van der Waals surface area contributed by atoms with Gasteiger partial charge in [0.1, 0.15) is 19.3 Å². The zero-order valence-corrected chi connectivity index (χ0v) is 61.8. The second-order valence-electron chi connectivity index (χ2n) is 27.8. The Balaban J connectivity index is 5.23. The highest BCUT2D eigenvalue weighted by Crippen LogP contribution is 2.45. The summed E-state index contributed by atoms with van der Waals surface area (Å²) in [5.41, 5.74) is 0. The molecule has 546 valence electrons. The van der Waals surface area contributed by atoms with E-state index in [1.165, 1.54) is 173 Å². The van der Waals surface area contributed by atoms with Crippen LogP contribution in [-0.2, 0) is 65.4 Å². The molecule has 2 unspecified atom stereocenters. The predicted octanol–water partition coefficient (Wildman–Crippen LogP) is 21.0. The number of carbonyl (C=O) groups excluding carboxylic acids is 4. The number of phosphoric acid groups is 2. The summed E-state index contributed by atoms with van der Waals surface area (Å²) in [6.45, 7) is 11.8. The quantitative estimate of drug-likeness (QED) is 0.0222. The van der Waals surface area contributed by atoms with E-state index in [0.29, 0.717) is 37.5 Å². The number of unbranched alkanes of at least 4 members (excludes halogenated alkanes) is 39. The molecule has 0 radical (unpaired) electrons. The minimum absolute atomic E-state index is 0.103. The number of aliphatic hydroxyl groups is 1. The van der Waals surface area contributed by atoms with Crippen LogP contribution in [0.4, 0.5) is 0 Å². The number of esters is 4. The van der Waals surface area contributed by atoms with Gasteiger partial charge in [-0.1, -0.05) is 318 Å². The lowest BCUT2D eigenvalue weighted by molar-refractivity contribution is -0.161. The average Bonchev–Trinajstić information content (AvgIpc) is 3.33. The van der Waals surface area contributed by atoms with Crippen molar-refractivity contribution in [2.75, 3.05) is 39.6 Å². The maximum absolute atomic E-state index is 13.1. The van der Waals surface area contributed by atoms with Gasteiger partial charge in [-0.2, -0.15) is 0 Å². The van der Waals surface area contributed by atoms with Crippen LogP contribution in [0.2, 0.25) is 0 Å². The monoisotopic (exact) mass is 1350 g/mol. The van der Waals surface area contributed by atoms with Gasteiger partial charge < -0.3 is 33.8 Å². The van der Waals surface area contributed by atoms with Gasteiger partial charge in [-0.25, -0.2) is 9.13 Å². The van der Waals surface area contributed by atoms with Crippen LogP contribution in [0.15, 0.2) is 0 Å². The summed E-state index contributed by atoms with van der Waals surface area (Å²) in [4.78, 5) is 72.6. The summed E-state index contributed by atoms with van der Waals surface area (Å²) in [6, 6.07) is 0. The van der Waals surface area contributed by atoms with Gasteiger partial charge in [0.25, 0.3) is 0 Å². The fraction of sp³-hybridized carbons (Fsp3) is 0.945. The third-order valence-electron chi connectivity index (χ3n) is 16.9. The van der Waals surface area contributed by atoms with Crippen molar-refractivity contribution in [3.05, 3.63) is 0 Å². The summed E-state index contributed by atoms with van der Waals surface area (Å²) in [5, 5.41) is 10.6. The molecule has 0 rings (SSSR count). The van der Waals surface area contributed by atoms with Gasteiger partial charge in [0.2, 0.25) is 0 Å². The molecule has 0 fully saturated rings. The van der Waals surface area contributed by atoms with Crippen molar-refractivity contribution in [2.45, 2.75) is 388 Å². The lowest BCUT2D eigenvalue weighted by atomic mass is 10.0. The molecule has 0 aliphatic carbocycles. The topological polar surface area (TPSA) is 237 Å². The SMILES string of the molecule is CCCCCCCCCCCCCCCCCC(=O)OC[C@H](COP(=O)(O)OC[C@@H](O)COP(=O)(O)OC[C@@H](COC(=O)CCCCCCCCCC(C)C)OC(=O)CCCCCCCCCC(C)C)OC(=O)CCCCCCCCCCCCCCCCC(C)C. The first kappa shape index (κ1) is 90.1. The number of aliphatic hydroxyl groups excluding tert-OH is 1. The van der Waals surface area contributed by atoms with Crippen molar-refractivity contribution in [3.63, 3.8) is 0 Å². The third-order valence-corrected chi connectivity index (χ3v) is 18.8. The van der Waals surface area contributed by atoms with Crippen LogP contribution in [0.5, 0.6) is 0 Å². The van der Waals surface area contributed by atoms with E-state index in [0.717, 1.165) is 102 Å². The highest BCUT2D eigenvalue weighted by molar-refractivity contribution is 7.47. The second-order valence-corrected chi connectivity index (χ2v) is 30.7. The van der Waals surface area contributed by atoms with Crippen molar-refractivity contribution < 1.29 is 80.2 Å². The molecule has 0 aromatic rings. The standard InChI is InChI=1S/C73H142O17P2/c1-8-9-10-11-12-13-14-15-16-20-23-26-33-40-47-54-70(75)83-60-68(89-72(77)56-49-42-34-27-24-21-18-17-19-22-25-30-37-44-51-64(2)3)62-87-91(79,80)85-58-67(74)59-86-92(81,82)88-63-69(90-73(78)57-50-43-36-29-32-39-46-53-66(6)7)61-84-71(76)55-48-41-35-28-31-38-45-52-65(4)5/h64-69,74H,8-63H2,1-7H3,(H,79,80)(H,81,82)/t67-,68-,69-/m1/s1. The molecule has 0 aliphatic rings. The molecular weight excluding hydrogens is 1210 g/mol. The Kier molecular flexibility index (Phi) is 62.4. The van der Waals surface area contributed by atoms with Crippen molar-refractivity contribution in [1.82, 2.24) is 0 Å². The minimum atomic E-state index is -4.96. The van der Waals surface area contributed by atoms with Crippen LogP contribution in [-0.4, -0.2) is 96.7 Å². The smallest absolute Gasteiger partial charge is 0.462 e. The summed E-state index contributed by atoms with van der Waals surface area (Å²) in [6.07, 6.45) is 48.8. The molecule has 19 heteroatoms. The third kappa shape index (κ3) is 66.7. The molecule has 0 bridgehead atoms. The molecule has 3 N–H and O–H groups in total. The van der Waals surface area contributed by atoms with Crippen LogP contribution < -0.4 is 0 Å². The zero-order valence-electron chi connectivity index (χ0n) is 60.0. The summed E-state index contributed by atoms with van der Waals surface area (Å²) in [5.74, 6) is 0.0715. The molecular formula is C73H142O17P2. The van der Waals surface area contributed by atoms with E-state index in [2.05, 4.69) is 48.5 Å². The number of carbonyl (C=O) groups is 4. The first-order chi connectivity index (χ1) is 44.2. The molecule has 0 saturated heterocycles. The van der Waals surface area contributed by atoms with Gasteiger partial charge in [-0.15, -0.1) is 0 Å². The molecule has 0 saturated carbocycles. The molecule has 0 amide bonds. The van der Waals surface area contributed by atoms with Gasteiger partial charge >= 0.3 is 39.5 Å². The molecule has 5 atom stereocenters. The summed E-state index contributed by atoms with van der Waals surface area (Å²) < 4.78 is 68.4. The lowest BCUT2D eigenvalue weighted by Gasteiger charge is -2.21. The van der Waals surface area contributed by atoms with E-state index < -0.39 is 97.5 Å². The number of ether oxygens (including phenoxy) is 4. The van der Waals surface area contributed by atoms with Gasteiger partial charge in [-0.05, 0) is 43.4 Å². The van der Waals surface area contributed by atoms with Crippen molar-refractivity contribution in [3.8, 4) is 0 Å². The van der Waals surface area contributed by atoms with E-state index in [4.69, 9.17) is 37.0 Å². The average molecular weight is 1350 g/mol. The van der Waals surface area contributed by atoms with E-state index in [1.54, 1.807) is 0 Å². The molecule has 0 spiro atoms. The number of phosphoric ester groups is 2. The molecule has 0 heterocycles. The molecule has 0 aromatic carbocycles. The molecule has 0 aliphatic heterocycles. The fourth-order valence-corrected chi connectivity index (χ4v) is 12.7. The van der Waals surface area contributed by atoms with E-state index in [9.17, 15) is 43.2 Å². The summed E-state index contributed by atoms with van der Waals surface area (Å²) >= 11 is 0. The molecule has 17 nitrogen and oxygen atoms in total. The number of rotatable bonds is 71. The maximum atomic E-state index is 13.1. The van der Waals surface area contributed by atoms with Crippen LogP contribution in [0.25, 0.3) is 0 Å². The molecule has 0 aromatic heterocycles. The van der Waals surface area contributed by atoms with Gasteiger partial charge in [0.15, 0.2) is 12.2 Å². The lowest BCUT2D eigenvalue weighted by Crippen LogP contribution is -2.30. The second kappa shape index (κ2) is 63.8. The van der Waals surface area contributed by atoms with Gasteiger partial charge in [-0.3, -0.25) is 37.3 Å². The minimum Gasteiger partial charge on any atom is -0.462 e. The zero-order chi connectivity index (χ0) is 68.0. The van der Waals surface area contributed by atoms with Gasteiger partial charge in [0.05, 0.1) is 26.4 Å². The predicted molar refractivity (Wildman–Crippen MR) is 372 cm³/mol. The van der Waals surface area contributed by atoms with Crippen molar-refractivity contribution in [2.24, 2.45) is 17.8 Å². The fourth-order valence-electron chi connectivity index (χ4n) is 11.1. The highest BCUT2D eigenvalue weighted by Gasteiger charge is 2.30. The Labute approximate surface area is 562 Å². The van der Waals surface area contributed by atoms with Gasteiger partial charge in [0, 0.05) is 25.7 Å². The Morgan fingerprint density at radius 2 is 0.500 bits per heavy atom. The first-order valence-corrected chi connectivity index (χ1v) is 40.8. The number of hydrogen-bond donors (Lipinski definition) is 3. The maximum Gasteiger partial charge on any atom is 0.472 e. The highest BCUT2D eigenvalue weighted by atomic mass is 31.2. The molecule has 92 heavy (non-hydrogen) atoms. The summed E-state index contributed by atoms with van der Waals surface area (Å²) in [7, 11) is -9.91. The van der Waals surface area contributed by atoms with Crippen molar-refractivity contribution >= 4 is 39.5 Å². The van der Waals surface area contributed by atoms with Crippen molar-refractivity contribution in [1.29, 1.82) is 0 Å². The first-order valence-electron chi connectivity index (χ1n) is 37.8. The van der Waals surface area contributed by atoms with Crippen LogP contribution in [0.3, 0.4) is 0 Å². The van der Waals surface area contributed by atoms with E-state index in [1.807, 2.05) is 0 Å². The van der Waals surface area contributed by atoms with Crippen LogP contribution in [0, 0.1) is 17.8 Å². The Hall–Kier alpha value is -1.94. The normalized spacial score (nSPS) is 14.1. The Bertz CT molecular complexity index is 1800. The largest absolute Gasteiger partial charge is 0.472 e. The van der Waals surface area contributed by atoms with E-state index in [-0.39, 0.29) is 25.7 Å². The van der Waals surface area contributed by atoms with E-state index >= 15 is 0 Å².